The first-order valence-corrected chi connectivity index (χ1v) is 12.5. The molecule has 0 spiro atoms. The molecule has 0 rings (SSSR count). The Kier molecular flexibility index (Phi) is 0.721. The van der Waals surface area contributed by atoms with E-state index in [9.17, 15) is 22.9 Å². The minimum atomic E-state index is -13.6. The van der Waals surface area contributed by atoms with Gasteiger partial charge in [0, 0.05) is 0 Å². The molecule has 0 aliphatic rings. The van der Waals surface area contributed by atoms with Gasteiger partial charge in [0.25, 0.3) is 0 Å². The van der Waals surface area contributed by atoms with Gasteiger partial charge in [0.15, 0.2) is 0 Å². The van der Waals surface area contributed by atoms with Gasteiger partial charge in [0.2, 0.25) is 0 Å². The van der Waals surface area contributed by atoms with Crippen molar-refractivity contribution in [3.63, 3.8) is 0 Å². The fourth-order valence-electron chi connectivity index (χ4n) is 0. The van der Waals surface area contributed by atoms with Crippen molar-refractivity contribution < 1.29 is 36.8 Å². The van der Waals surface area contributed by atoms with Crippen LogP contribution in [0.1, 0.15) is 6.92 Å². The van der Waals surface area contributed by atoms with Crippen LogP contribution in [0.15, 0.2) is 0 Å². The summed E-state index contributed by atoms with van der Waals surface area (Å²) < 4.78 is 70.8. The summed E-state index contributed by atoms with van der Waals surface area (Å²) in [5.74, 6) is 0. The standard InChI is InChI=1S/C2H3O.2CH3.Au.6FH/c1-2-3;;;;;;;;;/h1H3;2*1H3;;6*1H/q;;;+6;;;;;;/p-6. The van der Waals surface area contributed by atoms with Crippen LogP contribution < -0.4 is 0 Å². The van der Waals surface area contributed by atoms with Crippen molar-refractivity contribution in [1.29, 1.82) is 0 Å². The molecular weight excluding hydrogens is 375 g/mol. The van der Waals surface area contributed by atoms with E-state index in [4.69, 9.17) is 0 Å². The molecule has 0 aromatic carbocycles. The summed E-state index contributed by atoms with van der Waals surface area (Å²) in [5, 5.41) is -3.67. The summed E-state index contributed by atoms with van der Waals surface area (Å²) in [5.41, 5.74) is 0. The zero-order valence-electron chi connectivity index (χ0n) is 6.48. The Bertz CT molecular complexity index is 310. The molecule has 1 nitrogen and oxygen atoms in total. The van der Waals surface area contributed by atoms with Crippen LogP contribution in [0.2, 0.25) is 10.3 Å². The molecule has 0 fully saturated rings. The summed E-state index contributed by atoms with van der Waals surface area (Å²) in [7, 11) is 0. The van der Waals surface area contributed by atoms with Gasteiger partial charge in [-0.05, 0) is 0 Å². The van der Waals surface area contributed by atoms with Crippen LogP contribution >= 0.6 is 0 Å². The van der Waals surface area contributed by atoms with Crippen LogP contribution in [-0.4, -0.2) is 4.00 Å². The Balaban J connectivity index is 6.98. The van der Waals surface area contributed by atoms with Gasteiger partial charge in [-0.1, -0.05) is 0 Å². The number of carbonyl (C=O) groups is 1. The molecule has 12 heavy (non-hydrogen) atoms. The fourth-order valence-corrected chi connectivity index (χ4v) is 0. The first kappa shape index (κ1) is 12.0. The van der Waals surface area contributed by atoms with E-state index in [0.29, 0.717) is 0 Å². The summed E-state index contributed by atoms with van der Waals surface area (Å²) >= 11 is -13.6. The molecule has 0 saturated heterocycles. The number of rotatable bonds is 1. The van der Waals surface area contributed by atoms with Crippen LogP contribution in [0.25, 0.3) is 0 Å². The van der Waals surface area contributed by atoms with Crippen LogP contribution in [-0.2, 0) is 18.6 Å². The molecule has 0 unspecified atom stereocenters. The Morgan fingerprint density at radius 3 is 1.00 bits per heavy atom. The Labute approximate surface area is 58.5 Å². The van der Waals surface area contributed by atoms with Crippen LogP contribution in [0, 0.1) is 0 Å². The first-order valence-electron chi connectivity index (χ1n) is 2.14. The van der Waals surface area contributed by atoms with Crippen molar-refractivity contribution in [3.8, 4) is 0 Å². The average Bonchev–Trinajstić information content (AvgIpc) is 1.16. The topological polar surface area (TPSA) is 17.1 Å². The number of hydrogen-bond acceptors (Lipinski definition) is 1. The van der Waals surface area contributed by atoms with Gasteiger partial charge in [-0.15, -0.1) is 0 Å². The average molecular weight is 384 g/mol. The van der Waals surface area contributed by atoms with Gasteiger partial charge < -0.3 is 0 Å². The first-order chi connectivity index (χ1) is 4.01. The van der Waals surface area contributed by atoms with Crippen molar-refractivity contribution >= 4 is 4.00 Å². The predicted molar refractivity (Wildman–Crippen MR) is 29.1 cm³/mol. The molecule has 0 aliphatic heterocycles. The molecule has 84 valence electrons. The monoisotopic (exact) mass is 384 g/mol. The fraction of sp³-hybridized carbons (Fsp3) is 0.750. The molecule has 0 saturated carbocycles. The van der Waals surface area contributed by atoms with Gasteiger partial charge >= 0.3 is 58.0 Å². The molecule has 0 aromatic rings. The Morgan fingerprint density at radius 2 is 1.00 bits per heavy atom. The number of halogens is 6. The van der Waals surface area contributed by atoms with Gasteiger partial charge in [-0.25, -0.2) is 0 Å². The van der Waals surface area contributed by atoms with Crippen molar-refractivity contribution in [2.24, 2.45) is 0 Å². The van der Waals surface area contributed by atoms with Gasteiger partial charge in [-0.2, -0.15) is 0 Å². The Hall–Kier alpha value is -0.00974. The summed E-state index contributed by atoms with van der Waals surface area (Å²) in [6, 6.07) is 0. The summed E-state index contributed by atoms with van der Waals surface area (Å²) in [6.45, 7) is -0.527. The molecule has 0 amide bonds. The number of carbonyl (C=O) groups excluding carboxylic acids is 1. The van der Waals surface area contributed by atoms with E-state index in [0.717, 1.165) is 0 Å². The molecule has 8 heteroatoms. The van der Waals surface area contributed by atoms with Gasteiger partial charge in [0.1, 0.15) is 0 Å². The second-order valence-electron chi connectivity index (χ2n) is 3.37. The maximum absolute atomic E-state index is 13.6. The van der Waals surface area contributed by atoms with E-state index >= 15 is 0 Å². The predicted octanol–water partition coefficient (Wildman–Crippen LogP) is 3.77. The van der Waals surface area contributed by atoms with Crippen LogP contribution in [0.3, 0.4) is 0 Å². The summed E-state index contributed by atoms with van der Waals surface area (Å²) in [6.07, 6.45) is 0. The molecule has 0 heterocycles. The third kappa shape index (κ3) is 3.16. The second-order valence-corrected chi connectivity index (χ2v) is 26.2. The zero-order chi connectivity index (χ0) is 10.9. The SMILES string of the molecule is C[C](=O)[Au]([CH3])([CH3])([F])([F])([F])([F])([F])[F]. The van der Waals surface area contributed by atoms with E-state index in [1.165, 1.54) is 0 Å². The van der Waals surface area contributed by atoms with E-state index in [-0.39, 0.29) is 0 Å². The normalized spacial score (nSPS) is 30.9. The quantitative estimate of drug-likeness (QED) is 0.497. The van der Waals surface area contributed by atoms with E-state index in [2.05, 4.69) is 0 Å². The van der Waals surface area contributed by atoms with E-state index in [1.807, 2.05) is 0 Å². The van der Waals surface area contributed by atoms with Crippen LogP contribution in [0.5, 0.6) is 0 Å². The molecule has 0 radical (unpaired) electrons. The third-order valence-corrected chi connectivity index (χ3v) is 7.42. The van der Waals surface area contributed by atoms with Gasteiger partial charge in [-0.3, -0.25) is 0 Å². The van der Waals surface area contributed by atoms with E-state index in [1.54, 1.807) is 0 Å². The molecule has 0 atom stereocenters. The van der Waals surface area contributed by atoms with Gasteiger partial charge in [0.05, 0.1) is 0 Å². The second kappa shape index (κ2) is 0.722. The van der Waals surface area contributed by atoms with Crippen molar-refractivity contribution in [2.75, 3.05) is 0 Å². The summed E-state index contributed by atoms with van der Waals surface area (Å²) in [4.78, 5) is 9.89. The molecule has 0 aliphatic carbocycles. The molecule has 0 bridgehead atoms. The molecular formula is C4H9AuF6O. The minimum absolute atomic E-state index is 0.527. The zero-order valence-corrected chi connectivity index (χ0v) is 8.64. The van der Waals surface area contributed by atoms with E-state index < -0.39 is 35.1 Å². The van der Waals surface area contributed by atoms with Crippen molar-refractivity contribution in [1.82, 2.24) is 0 Å². The Morgan fingerprint density at radius 1 is 0.917 bits per heavy atom. The maximum atomic E-state index is 12.4. The molecule has 0 N–H and O–H groups in total. The van der Waals surface area contributed by atoms with Crippen molar-refractivity contribution in [3.05, 3.63) is 0 Å². The molecule has 0 aromatic heterocycles. The van der Waals surface area contributed by atoms with Crippen molar-refractivity contribution in [2.45, 2.75) is 17.2 Å². The third-order valence-electron chi connectivity index (χ3n) is 0.906. The van der Waals surface area contributed by atoms with Crippen LogP contribution in [0.4, 0.5) is 18.1 Å². The number of hydrogen-bond donors (Lipinski definition) is 0.